The van der Waals surface area contributed by atoms with Crippen LogP contribution in [0.2, 0.25) is 0 Å². The summed E-state index contributed by atoms with van der Waals surface area (Å²) in [5.41, 5.74) is 3.43. The second kappa shape index (κ2) is 5.94. The number of aromatic nitrogens is 2. The third-order valence-corrected chi connectivity index (χ3v) is 4.30. The molecule has 0 saturated heterocycles. The first-order valence-electron chi connectivity index (χ1n) is 7.88. The second-order valence-corrected chi connectivity index (χ2v) is 5.76. The van der Waals surface area contributed by atoms with Gasteiger partial charge < -0.3 is 13.8 Å². The maximum Gasteiger partial charge on any atom is 0.264 e. The number of pyridine rings is 1. The van der Waals surface area contributed by atoms with E-state index in [1.807, 2.05) is 60.7 Å². The minimum atomic E-state index is -0.136. The van der Waals surface area contributed by atoms with Crippen LogP contribution >= 0.6 is 0 Å². The molecule has 0 fully saturated rings. The summed E-state index contributed by atoms with van der Waals surface area (Å²) in [7, 11) is 3.37. The molecule has 0 aliphatic rings. The zero-order valence-electron chi connectivity index (χ0n) is 13.9. The number of fused-ring (bicyclic) bond motifs is 1. The van der Waals surface area contributed by atoms with Gasteiger partial charge in [0.15, 0.2) is 5.58 Å². The topological polar surface area (TPSA) is 57.3 Å². The predicted molar refractivity (Wildman–Crippen MR) is 96.7 cm³/mol. The molecule has 0 bridgehead atoms. The fourth-order valence-electron chi connectivity index (χ4n) is 2.94. The van der Waals surface area contributed by atoms with E-state index in [1.165, 1.54) is 0 Å². The van der Waals surface area contributed by atoms with E-state index in [9.17, 15) is 4.79 Å². The van der Waals surface area contributed by atoms with Crippen molar-refractivity contribution in [2.45, 2.75) is 0 Å². The van der Waals surface area contributed by atoms with Crippen molar-refractivity contribution in [3.05, 3.63) is 71.0 Å². The molecule has 0 atom stereocenters. The molecule has 0 N–H and O–H groups in total. The molecule has 5 nitrogen and oxygen atoms in total. The van der Waals surface area contributed by atoms with Gasteiger partial charge in [0.05, 0.1) is 12.8 Å². The van der Waals surface area contributed by atoms with Crippen LogP contribution in [0.25, 0.3) is 33.5 Å². The molecule has 25 heavy (non-hydrogen) atoms. The molecule has 0 spiro atoms. The summed E-state index contributed by atoms with van der Waals surface area (Å²) in [6.07, 6.45) is 0. The highest BCUT2D eigenvalue weighted by atomic mass is 16.5. The Bertz CT molecular complexity index is 1090. The lowest BCUT2D eigenvalue weighted by atomic mass is 10.1. The average Bonchev–Trinajstić information content (AvgIpc) is 3.09. The van der Waals surface area contributed by atoms with Crippen molar-refractivity contribution in [3.8, 4) is 28.3 Å². The number of rotatable bonds is 3. The summed E-state index contributed by atoms with van der Waals surface area (Å²) in [4.78, 5) is 12.9. The van der Waals surface area contributed by atoms with Crippen molar-refractivity contribution in [2.24, 2.45) is 7.05 Å². The molecule has 2 aromatic heterocycles. The summed E-state index contributed by atoms with van der Waals surface area (Å²) in [6.45, 7) is 0. The van der Waals surface area contributed by atoms with E-state index in [0.717, 1.165) is 22.6 Å². The molecule has 4 aromatic rings. The summed E-state index contributed by atoms with van der Waals surface area (Å²) in [5, 5.41) is 4.61. The smallest absolute Gasteiger partial charge is 0.264 e. The summed E-state index contributed by atoms with van der Waals surface area (Å²) in [6, 6.07) is 18.9. The Kier molecular flexibility index (Phi) is 3.61. The maximum atomic E-state index is 12.9. The van der Waals surface area contributed by atoms with Gasteiger partial charge in [0.2, 0.25) is 0 Å². The van der Waals surface area contributed by atoms with Gasteiger partial charge in [-0.15, -0.1) is 0 Å². The van der Waals surface area contributed by atoms with E-state index in [1.54, 1.807) is 18.7 Å². The average molecular weight is 332 g/mol. The first-order chi connectivity index (χ1) is 12.2. The van der Waals surface area contributed by atoms with Crippen molar-refractivity contribution in [1.82, 2.24) is 9.72 Å². The molecule has 0 aliphatic heterocycles. The first-order valence-corrected chi connectivity index (χ1v) is 7.88. The molecule has 0 amide bonds. The zero-order chi connectivity index (χ0) is 17.4. The van der Waals surface area contributed by atoms with Gasteiger partial charge in [-0.05, 0) is 29.8 Å². The molecule has 2 aromatic carbocycles. The van der Waals surface area contributed by atoms with Crippen LogP contribution in [0.5, 0.6) is 5.75 Å². The van der Waals surface area contributed by atoms with E-state index in [0.29, 0.717) is 16.7 Å². The fourth-order valence-corrected chi connectivity index (χ4v) is 2.94. The van der Waals surface area contributed by atoms with E-state index < -0.39 is 0 Å². The molecule has 2 heterocycles. The molecule has 0 radical (unpaired) electrons. The van der Waals surface area contributed by atoms with Gasteiger partial charge in [-0.25, -0.2) is 0 Å². The highest BCUT2D eigenvalue weighted by Gasteiger charge is 2.17. The molecule has 0 saturated carbocycles. The van der Waals surface area contributed by atoms with Crippen LogP contribution in [0.1, 0.15) is 0 Å². The largest absolute Gasteiger partial charge is 0.497 e. The second-order valence-electron chi connectivity index (χ2n) is 5.76. The van der Waals surface area contributed by atoms with Gasteiger partial charge in [0.25, 0.3) is 5.56 Å². The third kappa shape index (κ3) is 2.50. The van der Waals surface area contributed by atoms with Crippen molar-refractivity contribution >= 4 is 11.0 Å². The van der Waals surface area contributed by atoms with Crippen molar-refractivity contribution in [2.75, 3.05) is 7.11 Å². The van der Waals surface area contributed by atoms with Crippen LogP contribution in [0, 0.1) is 0 Å². The highest BCUT2D eigenvalue weighted by Crippen LogP contribution is 2.29. The number of benzene rings is 2. The first kappa shape index (κ1) is 15.2. The van der Waals surface area contributed by atoms with Crippen LogP contribution in [-0.2, 0) is 7.05 Å². The quantitative estimate of drug-likeness (QED) is 0.571. The Morgan fingerprint density at radius 2 is 1.72 bits per heavy atom. The number of hydrogen-bond donors (Lipinski definition) is 0. The monoisotopic (exact) mass is 332 g/mol. The minimum absolute atomic E-state index is 0.136. The number of methoxy groups -OCH3 is 1. The van der Waals surface area contributed by atoms with Gasteiger partial charge in [0.1, 0.15) is 16.8 Å². The Morgan fingerprint density at radius 3 is 2.40 bits per heavy atom. The van der Waals surface area contributed by atoms with Gasteiger partial charge in [-0.2, -0.15) is 0 Å². The van der Waals surface area contributed by atoms with Crippen LogP contribution in [0.3, 0.4) is 0 Å². The highest BCUT2D eigenvalue weighted by molar-refractivity contribution is 5.92. The molecule has 0 aliphatic carbocycles. The molecular weight excluding hydrogens is 316 g/mol. The lowest BCUT2D eigenvalue weighted by molar-refractivity contribution is 0.415. The zero-order valence-corrected chi connectivity index (χ0v) is 13.9. The van der Waals surface area contributed by atoms with Crippen molar-refractivity contribution in [1.29, 1.82) is 0 Å². The summed E-state index contributed by atoms with van der Waals surface area (Å²) >= 11 is 0. The Morgan fingerprint density at radius 1 is 1.00 bits per heavy atom. The van der Waals surface area contributed by atoms with Gasteiger partial charge in [0, 0.05) is 18.7 Å². The van der Waals surface area contributed by atoms with E-state index in [4.69, 9.17) is 9.26 Å². The van der Waals surface area contributed by atoms with Crippen LogP contribution in [0.15, 0.2) is 70.0 Å². The molecule has 0 unspecified atom stereocenters. The summed E-state index contributed by atoms with van der Waals surface area (Å²) < 4.78 is 12.3. The van der Waals surface area contributed by atoms with E-state index >= 15 is 0 Å². The Balaban J connectivity index is 1.92. The van der Waals surface area contributed by atoms with Crippen molar-refractivity contribution in [3.63, 3.8) is 0 Å². The van der Waals surface area contributed by atoms with Crippen LogP contribution < -0.4 is 10.3 Å². The SMILES string of the molecule is COc1ccc(-c2cc3onc(-c4ccccc4)c3c(=O)n2C)cc1. The normalized spacial score (nSPS) is 11.0. The maximum absolute atomic E-state index is 12.9. The van der Waals surface area contributed by atoms with Crippen LogP contribution in [0.4, 0.5) is 0 Å². The van der Waals surface area contributed by atoms with Crippen LogP contribution in [-0.4, -0.2) is 16.8 Å². The summed E-state index contributed by atoms with van der Waals surface area (Å²) in [5.74, 6) is 0.765. The lowest BCUT2D eigenvalue weighted by Gasteiger charge is -2.09. The van der Waals surface area contributed by atoms with Crippen molar-refractivity contribution < 1.29 is 9.26 Å². The molecule has 4 rings (SSSR count). The Hall–Kier alpha value is -3.34. The van der Waals surface area contributed by atoms with Gasteiger partial charge >= 0.3 is 0 Å². The molecular formula is C20H16N2O3. The minimum Gasteiger partial charge on any atom is -0.497 e. The predicted octanol–water partition coefficient (Wildman–Crippen LogP) is 3.87. The van der Waals surface area contributed by atoms with E-state index in [2.05, 4.69) is 5.16 Å². The number of ether oxygens (including phenoxy) is 1. The molecule has 124 valence electrons. The number of nitrogens with zero attached hydrogens (tertiary/aromatic N) is 2. The standard InChI is InChI=1S/C20H16N2O3/c1-22-16(13-8-10-15(24-2)11-9-13)12-17-18(20(22)23)19(21-25-17)14-6-4-3-5-7-14/h3-12H,1-2H3. The Labute approximate surface area is 144 Å². The van der Waals surface area contributed by atoms with Gasteiger partial charge in [-0.3, -0.25) is 4.79 Å². The fraction of sp³-hybridized carbons (Fsp3) is 0.100. The lowest BCUT2D eigenvalue weighted by Crippen LogP contribution is -2.18. The number of hydrogen-bond acceptors (Lipinski definition) is 4. The molecule has 5 heteroatoms. The third-order valence-electron chi connectivity index (χ3n) is 4.30. The van der Waals surface area contributed by atoms with E-state index in [-0.39, 0.29) is 5.56 Å². The van der Waals surface area contributed by atoms with Gasteiger partial charge in [-0.1, -0.05) is 35.5 Å².